The molecule has 0 rings (SSSR count). The second-order valence-electron chi connectivity index (χ2n) is 2.80. The monoisotopic (exact) mass is 268 g/mol. The maximum atomic E-state index is 10.9. The lowest BCUT2D eigenvalue weighted by Crippen LogP contribution is -2.45. The quantitative estimate of drug-likeness (QED) is 0.0935. The Hall–Kier alpha value is -0.520. The molecule has 2 amide bonds. The number of carbonyl (C=O) groups excluding carboxylic acids is 2. The van der Waals surface area contributed by atoms with E-state index in [4.69, 9.17) is 23.2 Å². The first-order valence-electron chi connectivity index (χ1n) is 4.29. The zero-order chi connectivity index (χ0) is 12.6. The largest absolute Gasteiger partial charge is 0.319 e. The summed E-state index contributed by atoms with van der Waals surface area (Å²) in [5, 5.41) is 0. The van der Waals surface area contributed by atoms with Crippen LogP contribution in [-0.4, -0.2) is 35.4 Å². The maximum absolute atomic E-state index is 10.9. The van der Waals surface area contributed by atoms with Crippen LogP contribution in [0.4, 0.5) is 0 Å². The first-order valence-corrected chi connectivity index (χ1v) is 6.78. The highest BCUT2D eigenvalue weighted by atomic mass is 33.1. The Morgan fingerprint density at radius 3 is 1.50 bits per heavy atom. The molecule has 0 bridgehead atoms. The van der Waals surface area contributed by atoms with E-state index in [-0.39, 0.29) is 0 Å². The number of carbonyl (C=O) groups is 2. The minimum atomic E-state index is -0.679. The van der Waals surface area contributed by atoms with Crippen molar-refractivity contribution in [2.75, 3.05) is 11.5 Å². The van der Waals surface area contributed by atoms with Crippen molar-refractivity contribution in [1.29, 1.82) is 0 Å². The van der Waals surface area contributed by atoms with Gasteiger partial charge in [-0.1, -0.05) is 21.6 Å². The molecule has 2 atom stereocenters. The van der Waals surface area contributed by atoms with E-state index in [9.17, 15) is 9.59 Å². The summed E-state index contributed by atoms with van der Waals surface area (Å²) in [6, 6.07) is -1.36. The zero-order valence-corrected chi connectivity index (χ0v) is 10.1. The molecule has 0 radical (unpaired) electrons. The predicted molar refractivity (Wildman–Crippen MR) is 65.5 cm³/mol. The second-order valence-corrected chi connectivity index (χ2v) is 5.35. The van der Waals surface area contributed by atoms with Crippen LogP contribution in [-0.2, 0) is 9.59 Å². The van der Waals surface area contributed by atoms with Gasteiger partial charge in [0.25, 0.3) is 11.8 Å². The third-order valence-corrected chi connectivity index (χ3v) is 4.01. The number of hydrogen-bond acceptors (Lipinski definition) is 8. The fourth-order valence-electron chi connectivity index (χ4n) is 0.608. The molecule has 0 saturated heterocycles. The normalized spacial score (nSPS) is 14.0. The molecule has 0 spiro atoms. The van der Waals surface area contributed by atoms with Crippen LogP contribution < -0.4 is 34.0 Å². The van der Waals surface area contributed by atoms with Crippen LogP contribution >= 0.6 is 21.6 Å². The van der Waals surface area contributed by atoms with Crippen molar-refractivity contribution >= 4 is 33.4 Å². The van der Waals surface area contributed by atoms with Gasteiger partial charge in [-0.3, -0.25) is 20.4 Å². The Morgan fingerprint density at radius 1 is 0.938 bits per heavy atom. The first kappa shape index (κ1) is 15.5. The molecule has 16 heavy (non-hydrogen) atoms. The fraction of sp³-hybridized carbons (Fsp3) is 0.667. The first-order chi connectivity index (χ1) is 7.52. The summed E-state index contributed by atoms with van der Waals surface area (Å²) in [5.41, 5.74) is 14.8. The van der Waals surface area contributed by atoms with E-state index in [1.54, 1.807) is 0 Å². The van der Waals surface area contributed by atoms with Crippen LogP contribution in [0.25, 0.3) is 0 Å². The molecule has 0 aromatic carbocycles. The fourth-order valence-corrected chi connectivity index (χ4v) is 2.85. The summed E-state index contributed by atoms with van der Waals surface area (Å²) in [7, 11) is 2.67. The van der Waals surface area contributed by atoms with Gasteiger partial charge in [-0.2, -0.15) is 0 Å². The van der Waals surface area contributed by atoms with Crippen LogP contribution in [0.1, 0.15) is 0 Å². The zero-order valence-electron chi connectivity index (χ0n) is 8.51. The highest BCUT2D eigenvalue weighted by Crippen LogP contribution is 2.21. The molecule has 0 heterocycles. The third kappa shape index (κ3) is 6.15. The Bertz CT molecular complexity index is 217. The van der Waals surface area contributed by atoms with Crippen molar-refractivity contribution in [3.05, 3.63) is 0 Å². The Morgan fingerprint density at radius 2 is 1.25 bits per heavy atom. The number of nitrogens with two attached hydrogens (primary N) is 4. The lowest BCUT2D eigenvalue weighted by Gasteiger charge is -2.10. The van der Waals surface area contributed by atoms with Crippen molar-refractivity contribution < 1.29 is 9.59 Å². The van der Waals surface area contributed by atoms with Crippen molar-refractivity contribution in [2.24, 2.45) is 23.2 Å². The number of rotatable bonds is 7. The third-order valence-electron chi connectivity index (χ3n) is 1.54. The molecule has 8 nitrogen and oxygen atoms in total. The van der Waals surface area contributed by atoms with Crippen molar-refractivity contribution in [3.63, 3.8) is 0 Å². The van der Waals surface area contributed by atoms with E-state index in [2.05, 4.69) is 0 Å². The van der Waals surface area contributed by atoms with E-state index in [1.165, 1.54) is 21.6 Å². The van der Waals surface area contributed by atoms with Gasteiger partial charge < -0.3 is 11.5 Å². The molecule has 0 aromatic heterocycles. The molecule has 10 N–H and O–H groups in total. The van der Waals surface area contributed by atoms with Crippen LogP contribution in [0.5, 0.6) is 0 Å². The van der Waals surface area contributed by atoms with Crippen LogP contribution in [0.3, 0.4) is 0 Å². The van der Waals surface area contributed by atoms with Gasteiger partial charge in [-0.05, 0) is 0 Å². The smallest absolute Gasteiger partial charge is 0.251 e. The molecule has 94 valence electrons. The minimum absolute atomic E-state index is 0.380. The number of amides is 2. The Kier molecular flexibility index (Phi) is 8.33. The van der Waals surface area contributed by atoms with E-state index in [0.29, 0.717) is 11.5 Å². The maximum Gasteiger partial charge on any atom is 0.251 e. The van der Waals surface area contributed by atoms with Gasteiger partial charge in [-0.15, -0.1) is 0 Å². The summed E-state index contributed by atoms with van der Waals surface area (Å²) in [6.45, 7) is 0. The van der Waals surface area contributed by atoms with E-state index in [0.717, 1.165) is 0 Å². The van der Waals surface area contributed by atoms with Crippen LogP contribution in [0, 0.1) is 0 Å². The highest BCUT2D eigenvalue weighted by Gasteiger charge is 2.14. The molecule has 0 fully saturated rings. The van der Waals surface area contributed by atoms with E-state index < -0.39 is 23.9 Å². The number of hydrazine groups is 2. The second kappa shape index (κ2) is 8.61. The van der Waals surface area contributed by atoms with E-state index >= 15 is 0 Å². The highest BCUT2D eigenvalue weighted by molar-refractivity contribution is 8.76. The minimum Gasteiger partial charge on any atom is -0.319 e. The standard InChI is InChI=1S/C6H16N6O2S2/c7-3(5(13)11-9)1-15-16-2-4(8)6(14)12-10/h3-4H,1-2,7-10H2,(H,11,13)(H,12,14)/t3-,4?/m0/s1. The van der Waals surface area contributed by atoms with Gasteiger partial charge >= 0.3 is 0 Å². The summed E-state index contributed by atoms with van der Waals surface area (Å²) in [5.74, 6) is 9.69. The van der Waals surface area contributed by atoms with Crippen molar-refractivity contribution in [1.82, 2.24) is 10.9 Å². The van der Waals surface area contributed by atoms with Gasteiger partial charge in [0.1, 0.15) is 0 Å². The molecule has 0 aliphatic carbocycles. The van der Waals surface area contributed by atoms with Crippen LogP contribution in [0.2, 0.25) is 0 Å². The summed E-state index contributed by atoms with van der Waals surface area (Å²) < 4.78 is 0. The molecule has 0 aliphatic heterocycles. The van der Waals surface area contributed by atoms with Gasteiger partial charge in [-0.25, -0.2) is 11.7 Å². The predicted octanol–water partition coefficient (Wildman–Crippen LogP) is -3.00. The van der Waals surface area contributed by atoms with Crippen molar-refractivity contribution in [3.8, 4) is 0 Å². The van der Waals surface area contributed by atoms with Crippen LogP contribution in [0.15, 0.2) is 0 Å². The van der Waals surface area contributed by atoms with Gasteiger partial charge in [0, 0.05) is 11.5 Å². The SMILES string of the molecule is NNC(=O)C(N)CSSC[C@H](N)C(=O)NN. The lowest BCUT2D eigenvalue weighted by atomic mass is 10.3. The average molecular weight is 268 g/mol. The van der Waals surface area contributed by atoms with E-state index in [1.807, 2.05) is 10.9 Å². The number of nitrogens with one attached hydrogen (secondary N) is 2. The molecule has 10 heteroatoms. The topological polar surface area (TPSA) is 162 Å². The summed E-state index contributed by atoms with van der Waals surface area (Å²) in [4.78, 5) is 21.8. The Balaban J connectivity index is 3.60. The molecular weight excluding hydrogens is 252 g/mol. The Labute approximate surface area is 101 Å². The van der Waals surface area contributed by atoms with Gasteiger partial charge in [0.05, 0.1) is 12.1 Å². The van der Waals surface area contributed by atoms with Gasteiger partial charge in [0.15, 0.2) is 0 Å². The number of hydrogen-bond donors (Lipinski definition) is 6. The lowest BCUT2D eigenvalue weighted by molar-refractivity contribution is -0.122. The molecule has 0 aromatic rings. The van der Waals surface area contributed by atoms with Crippen molar-refractivity contribution in [2.45, 2.75) is 12.1 Å². The molecule has 0 aliphatic rings. The molecular formula is C6H16N6O2S2. The molecule has 0 saturated carbocycles. The average Bonchev–Trinajstić information content (AvgIpc) is 2.31. The summed E-state index contributed by atoms with van der Waals surface area (Å²) >= 11 is 0. The van der Waals surface area contributed by atoms with Gasteiger partial charge in [0.2, 0.25) is 0 Å². The summed E-state index contributed by atoms with van der Waals surface area (Å²) in [6.07, 6.45) is 0. The molecule has 1 unspecified atom stereocenters.